The summed E-state index contributed by atoms with van der Waals surface area (Å²) in [5.74, 6) is -0.907. The number of alkyl halides is 2. The Bertz CT molecular complexity index is 6910. The van der Waals surface area contributed by atoms with Crippen LogP contribution in [0.3, 0.4) is 0 Å². The van der Waals surface area contributed by atoms with Gasteiger partial charge in [0.05, 0.1) is 82.6 Å². The summed E-state index contributed by atoms with van der Waals surface area (Å²) in [6.45, 7) is 13.7. The van der Waals surface area contributed by atoms with Gasteiger partial charge in [0.15, 0.2) is 23.1 Å². The predicted octanol–water partition coefficient (Wildman–Crippen LogP) is 17.5. The van der Waals surface area contributed by atoms with Crippen molar-refractivity contribution in [3.05, 3.63) is 346 Å². The predicted molar refractivity (Wildman–Crippen MR) is 541 cm³/mol. The minimum absolute atomic E-state index is 0.0389. The van der Waals surface area contributed by atoms with Crippen LogP contribution in [0.15, 0.2) is 230 Å². The summed E-state index contributed by atoms with van der Waals surface area (Å²) >= 11 is 1.85. The third-order valence-corrected chi connectivity index (χ3v) is 31.0. The van der Waals surface area contributed by atoms with Gasteiger partial charge in [-0.15, -0.1) is 11.3 Å². The second kappa shape index (κ2) is 43.8. The second-order valence-electron chi connectivity index (χ2n) is 40.8. The Morgan fingerprint density at radius 2 is 0.667 bits per heavy atom. The largest absolute Gasteiger partial charge is 0.489 e. The summed E-state index contributed by atoms with van der Waals surface area (Å²) in [6.07, 6.45) is 4.52. The number of fused-ring (bicyclic) bond motifs is 6. The number of ketones is 8. The van der Waals surface area contributed by atoms with Gasteiger partial charge in [-0.05, 0) is 191 Å². The molecule has 10 aromatic carbocycles. The summed E-state index contributed by atoms with van der Waals surface area (Å²) < 4.78 is 71.1. The van der Waals surface area contributed by atoms with Crippen LogP contribution in [0, 0.1) is 5.82 Å². The molecule has 0 bridgehead atoms. The fourth-order valence-electron chi connectivity index (χ4n) is 22.2. The molecule has 29 heteroatoms. The van der Waals surface area contributed by atoms with E-state index in [2.05, 4.69) is 93.7 Å². The van der Waals surface area contributed by atoms with Gasteiger partial charge < -0.3 is 43.3 Å². The Morgan fingerprint density at radius 3 is 1.02 bits per heavy atom. The van der Waals surface area contributed by atoms with Crippen molar-refractivity contribution in [3.8, 4) is 28.7 Å². The lowest BCUT2D eigenvalue weighted by Gasteiger charge is -2.47. The molecule has 1 aromatic heterocycles. The van der Waals surface area contributed by atoms with E-state index in [4.69, 9.17) is 23.7 Å². The number of likely N-dealkylation sites (tertiary alicyclic amines) is 2. The number of nitrogens with zero attached hydrogens (tertiary/aromatic N) is 8. The average Bonchev–Trinajstić information content (AvgIpc) is 1.62. The molecular formula is C118H115F3N8O17S. The van der Waals surface area contributed by atoms with Crippen molar-refractivity contribution in [2.24, 2.45) is 0 Å². The lowest BCUT2D eigenvalue weighted by molar-refractivity contribution is -0.134. The number of rotatable bonds is 26. The third-order valence-electron chi connectivity index (χ3n) is 30.0. The number of para-hydroxylation sites is 1. The number of hydrogen-bond donors (Lipinski definition) is 0. The third kappa shape index (κ3) is 23.3. The molecule has 147 heavy (non-hydrogen) atoms. The van der Waals surface area contributed by atoms with Crippen LogP contribution in [-0.2, 0) is 143 Å². The smallest absolute Gasteiger partial charge is 0.261 e. The van der Waals surface area contributed by atoms with Crippen molar-refractivity contribution in [1.29, 1.82) is 0 Å². The van der Waals surface area contributed by atoms with Gasteiger partial charge in [0.1, 0.15) is 89.7 Å². The molecule has 4 aliphatic carbocycles. The fraction of sp³-hybridized carbons (Fsp3) is 0.356. The summed E-state index contributed by atoms with van der Waals surface area (Å²) in [5.41, 5.74) is 17.8. The number of ether oxygens (including phenoxy) is 5. The van der Waals surface area contributed by atoms with Crippen LogP contribution in [0.5, 0.6) is 28.7 Å². The molecule has 25 nitrogen and oxygen atoms in total. The lowest BCUT2D eigenvalue weighted by Crippen LogP contribution is -2.62. The number of carbonyl (C=O) groups excluding carboxylic acids is 12. The van der Waals surface area contributed by atoms with Crippen LogP contribution in [0.2, 0.25) is 0 Å². The van der Waals surface area contributed by atoms with Crippen LogP contribution in [0.4, 0.5) is 13.2 Å². The normalized spacial score (nSPS) is 20.5. The quantitative estimate of drug-likeness (QED) is 0.0455. The zero-order chi connectivity index (χ0) is 102. The highest BCUT2D eigenvalue weighted by molar-refractivity contribution is 7.10. The van der Waals surface area contributed by atoms with Crippen LogP contribution >= 0.6 is 11.3 Å². The Morgan fingerprint density at radius 1 is 0.327 bits per heavy atom. The molecular weight excluding hydrogens is 1890 g/mol. The SMILES string of the molecule is CC1(Oc2ccccc2)CN(Cc2ccc(COc3cccc4c3CN(C3CCC(=O)CC3=O)C4=O)cc2)C1.O=C1CCC(N2Cc3c(OCc4ccc(CN5CCC(F)(F)C5)cc4)cccc3C2=O)C(=O)C1.O=C1CCC(N2Cc3c(OCc4ccc(CN5CCc6ccsc6C5)cc4)cccc3C2=O)C(=O)C1.O=C1CC[C@H](N2Cc3c(OCc4ccc(CN5CCc6ccc(F)cc6C5)cc4)cccc3C2=O)C(=O)C1. The number of carbonyl (C=O) groups is 12. The van der Waals surface area contributed by atoms with E-state index in [1.54, 1.807) is 67.0 Å². The Labute approximate surface area is 854 Å². The molecule has 6 fully saturated rings. The van der Waals surface area contributed by atoms with Crippen LogP contribution in [-0.4, -0.2) is 184 Å². The van der Waals surface area contributed by atoms with Gasteiger partial charge in [-0.25, -0.2) is 13.2 Å². The van der Waals surface area contributed by atoms with E-state index >= 15 is 0 Å². The van der Waals surface area contributed by atoms with E-state index in [1.807, 2.05) is 121 Å². The molecule has 23 rings (SSSR count). The number of Topliss-reactive ketones (excluding diaryl/α,β-unsaturated/α-hetero) is 8. The first kappa shape index (κ1) is 100. The Balaban J connectivity index is 0.000000119. The highest BCUT2D eigenvalue weighted by Crippen LogP contribution is 2.42. The van der Waals surface area contributed by atoms with E-state index in [0.717, 1.165) is 133 Å². The highest BCUT2D eigenvalue weighted by Gasteiger charge is 2.47. The summed E-state index contributed by atoms with van der Waals surface area (Å²) in [4.78, 5) is 165. The Hall–Kier alpha value is -14.2. The van der Waals surface area contributed by atoms with Gasteiger partial charge in [-0.2, -0.15) is 0 Å². The topological polar surface area (TPSA) is 277 Å². The number of hydrogen-bond acceptors (Lipinski definition) is 22. The van der Waals surface area contributed by atoms with Crippen molar-refractivity contribution < 1.29 is 94.4 Å². The maximum atomic E-state index is 13.6. The molecule has 0 N–H and O–H groups in total. The van der Waals surface area contributed by atoms with Crippen LogP contribution < -0.4 is 23.7 Å². The molecule has 756 valence electrons. The van der Waals surface area contributed by atoms with Gasteiger partial charge in [-0.3, -0.25) is 77.1 Å². The van der Waals surface area contributed by atoms with Crippen LogP contribution in [0.25, 0.3) is 0 Å². The molecule has 12 aliphatic rings. The molecule has 11 aromatic rings. The van der Waals surface area contributed by atoms with Crippen molar-refractivity contribution >= 4 is 81.2 Å². The van der Waals surface area contributed by atoms with Gasteiger partial charge in [0.2, 0.25) is 0 Å². The van der Waals surface area contributed by atoms with Crippen molar-refractivity contribution in [1.82, 2.24) is 39.2 Å². The molecule has 8 aliphatic heterocycles. The standard InChI is InChI=1S/C32H32N2O5.C31H29FN2O4.C29H28N2O4S.C26H26F2N2O4/c1-32(39-25-6-3-2-4-7-25)20-33(21-32)17-22-10-12-23(13-11-22)19-38-30-9-5-8-26-27(30)18-34(31(26)37)28-15-14-24(35)16-29(28)36;32-24-9-8-22-12-13-33(17-23(22)14-24)16-20-4-6-21(7-5-20)19-38-30-3-1-2-26-27(30)18-34(31(26)37)28-11-10-25(35)15-29(28)36;32-22-8-9-25(26(33)14-22)31-16-24-23(29(31)34)2-1-3-27(24)35-18-20-6-4-19(5-7-20)15-30-12-10-21-11-13-36-28(21)17-30;27-26(28)10-11-29(16-26)13-17-4-6-18(7-5-17)15-34-24-3-1-2-20-21(24)14-30(25(20)33)22-9-8-19(31)12-23(22)32/h2-13,28H,14-21H2,1H3;1-9,14,28H,10-13,15-19H2;1-7,11,13,25H,8-10,12,14-18H2;1-7,22H,8-16H2/t;28-;;/m.0../s1. The van der Waals surface area contributed by atoms with Gasteiger partial charge in [0, 0.05) is 153 Å². The van der Waals surface area contributed by atoms with E-state index in [9.17, 15) is 70.7 Å². The summed E-state index contributed by atoms with van der Waals surface area (Å²) in [5, 5.41) is 2.19. The second-order valence-corrected chi connectivity index (χ2v) is 41.8. The van der Waals surface area contributed by atoms with Gasteiger partial charge in [-0.1, -0.05) is 146 Å². The van der Waals surface area contributed by atoms with Crippen molar-refractivity contribution in [2.45, 2.75) is 231 Å². The van der Waals surface area contributed by atoms with Crippen LogP contribution in [0.1, 0.15) is 220 Å². The monoisotopic (exact) mass is 2000 g/mol. The van der Waals surface area contributed by atoms with Crippen molar-refractivity contribution in [3.63, 3.8) is 0 Å². The van der Waals surface area contributed by atoms with Gasteiger partial charge in [0.25, 0.3) is 29.6 Å². The lowest BCUT2D eigenvalue weighted by atomic mass is 9.92. The summed E-state index contributed by atoms with van der Waals surface area (Å²) in [6, 6.07) is 69.7. The first-order valence-corrected chi connectivity index (χ1v) is 51.6. The number of amides is 4. The molecule has 0 radical (unpaired) electrons. The maximum Gasteiger partial charge on any atom is 0.261 e. The Kier molecular flexibility index (Phi) is 29.8. The van der Waals surface area contributed by atoms with Gasteiger partial charge >= 0.3 is 0 Å². The first-order valence-electron chi connectivity index (χ1n) is 50.7. The van der Waals surface area contributed by atoms with E-state index in [0.29, 0.717) is 156 Å². The molecule has 4 amide bonds. The molecule has 4 atom stereocenters. The molecule has 9 heterocycles. The average molecular weight is 2010 g/mol. The maximum absolute atomic E-state index is 13.6. The van der Waals surface area contributed by atoms with Crippen molar-refractivity contribution in [2.75, 3.05) is 39.3 Å². The molecule has 4 saturated carbocycles. The highest BCUT2D eigenvalue weighted by atomic mass is 32.1. The zero-order valence-electron chi connectivity index (χ0n) is 82.1. The minimum atomic E-state index is -2.59. The molecule has 0 spiro atoms. The minimum Gasteiger partial charge on any atom is -0.489 e. The molecule has 3 unspecified atom stereocenters. The number of benzene rings is 10. The fourth-order valence-corrected chi connectivity index (χ4v) is 23.2. The number of thiophene rings is 1. The number of halogens is 3. The van der Waals surface area contributed by atoms with E-state index in [1.165, 1.54) is 38.8 Å². The molecule has 2 saturated heterocycles. The van der Waals surface area contributed by atoms with E-state index < -0.39 is 30.1 Å². The van der Waals surface area contributed by atoms with E-state index in [-0.39, 0.29) is 127 Å². The first-order chi connectivity index (χ1) is 71.1. The zero-order valence-corrected chi connectivity index (χ0v) is 82.9. The summed E-state index contributed by atoms with van der Waals surface area (Å²) in [7, 11) is 0.